The van der Waals surface area contributed by atoms with Crippen LogP contribution in [0.25, 0.3) is 64.0 Å². The molecule has 0 saturated heterocycles. The Kier molecular flexibility index (Phi) is 6.88. The summed E-state index contributed by atoms with van der Waals surface area (Å²) in [5.74, 6) is 0. The third-order valence-corrected chi connectivity index (χ3v) is 10.8. The predicted octanol–water partition coefficient (Wildman–Crippen LogP) is 13.9. The Morgan fingerprint density at radius 3 is 1.94 bits per heavy atom. The van der Waals surface area contributed by atoms with Crippen molar-refractivity contribution in [1.82, 2.24) is 0 Å². The van der Waals surface area contributed by atoms with E-state index in [0.717, 1.165) is 15.8 Å². The molecular weight excluding hydrogens is 654 g/mol. The molecule has 0 atom stereocenters. The molecule has 0 aliphatic heterocycles. The zero-order chi connectivity index (χ0) is 31.3. The first-order chi connectivity index (χ1) is 23.2. The first-order valence-corrected chi connectivity index (χ1v) is 17.4. The normalized spacial score (nSPS) is 11.5. The molecule has 9 aromatic rings. The van der Waals surface area contributed by atoms with Crippen LogP contribution in [0, 0.1) is 0 Å². The van der Waals surface area contributed by atoms with Crippen molar-refractivity contribution < 1.29 is 0 Å². The summed E-state index contributed by atoms with van der Waals surface area (Å²) in [5, 5.41) is 7.71. The molecule has 9 rings (SSSR count). The van der Waals surface area contributed by atoms with Crippen LogP contribution in [0.4, 0.5) is 17.1 Å². The molecule has 0 fully saturated rings. The van der Waals surface area contributed by atoms with Crippen molar-refractivity contribution in [1.29, 1.82) is 0 Å². The van der Waals surface area contributed by atoms with Gasteiger partial charge in [-0.15, -0.1) is 11.3 Å². The van der Waals surface area contributed by atoms with Crippen LogP contribution in [0.3, 0.4) is 0 Å². The van der Waals surface area contributed by atoms with Gasteiger partial charge in [0, 0.05) is 31.3 Å². The number of halogens is 1. The quantitative estimate of drug-likeness (QED) is 0.175. The monoisotopic (exact) mass is 681 g/mol. The first-order valence-electron chi connectivity index (χ1n) is 15.8. The number of hydrogen-bond acceptors (Lipinski definition) is 2. The van der Waals surface area contributed by atoms with E-state index in [-0.39, 0.29) is 0 Å². The molecule has 47 heavy (non-hydrogen) atoms. The van der Waals surface area contributed by atoms with E-state index in [1.807, 2.05) is 11.3 Å². The van der Waals surface area contributed by atoms with Gasteiger partial charge < -0.3 is 4.90 Å². The molecule has 0 radical (unpaired) electrons. The van der Waals surface area contributed by atoms with Gasteiger partial charge in [0.1, 0.15) is 0 Å². The van der Waals surface area contributed by atoms with Crippen molar-refractivity contribution in [2.24, 2.45) is 0 Å². The molecule has 8 aromatic carbocycles. The zero-order valence-corrected chi connectivity index (χ0v) is 27.8. The van der Waals surface area contributed by atoms with Crippen LogP contribution in [0.5, 0.6) is 0 Å². The molecule has 0 unspecified atom stereocenters. The first kappa shape index (κ1) is 28.0. The minimum atomic E-state index is 1.07. The number of thiophene rings is 1. The molecule has 1 heterocycles. The summed E-state index contributed by atoms with van der Waals surface area (Å²) in [6.45, 7) is 0. The molecule has 1 aromatic heterocycles. The minimum Gasteiger partial charge on any atom is -0.309 e. The summed E-state index contributed by atoms with van der Waals surface area (Å²) < 4.78 is 3.66. The van der Waals surface area contributed by atoms with Crippen molar-refractivity contribution in [3.05, 3.63) is 174 Å². The summed E-state index contributed by atoms with van der Waals surface area (Å²) in [6.07, 6.45) is 0. The summed E-state index contributed by atoms with van der Waals surface area (Å²) >= 11 is 5.55. The third-order valence-electron chi connectivity index (χ3n) is 9.08. The van der Waals surface area contributed by atoms with Gasteiger partial charge in [-0.1, -0.05) is 131 Å². The van der Waals surface area contributed by atoms with Crippen molar-refractivity contribution in [3.8, 4) is 22.3 Å². The average molecular weight is 683 g/mol. The zero-order valence-electron chi connectivity index (χ0n) is 25.4. The highest BCUT2D eigenvalue weighted by atomic mass is 79.9. The van der Waals surface area contributed by atoms with Gasteiger partial charge in [-0.3, -0.25) is 0 Å². The second-order valence-corrected chi connectivity index (χ2v) is 13.9. The molecule has 0 N–H and O–H groups in total. The largest absolute Gasteiger partial charge is 0.309 e. The third kappa shape index (κ3) is 5.00. The molecular formula is C44H28BrNS. The van der Waals surface area contributed by atoms with Crippen LogP contribution in [0.1, 0.15) is 0 Å². The SMILES string of the molecule is Brc1cccc(-c2cccc(N(c3ccc(-c4ccc5ccccc5c4)cc3)c3cccc4c3sc3ccc5ccccc5c34)c2)c1. The van der Waals surface area contributed by atoms with Crippen LogP contribution < -0.4 is 4.90 Å². The standard InChI is InChI=1S/C44H28BrNS/c45-36-13-5-11-33(27-36)34-12-6-14-38(28-34)46(37-23-20-30(21-24-37)35-19-18-29-8-1-2-10-32(29)26-35)41-17-7-16-40-43-39-15-4-3-9-31(39)22-25-42(43)47-44(40)41/h1-28H. The van der Waals surface area contributed by atoms with Crippen molar-refractivity contribution in [2.75, 3.05) is 4.90 Å². The lowest BCUT2D eigenvalue weighted by atomic mass is 10.0. The van der Waals surface area contributed by atoms with E-state index in [4.69, 9.17) is 0 Å². The molecule has 3 heteroatoms. The maximum atomic E-state index is 3.67. The van der Waals surface area contributed by atoms with E-state index in [1.165, 1.54) is 69.7 Å². The second-order valence-electron chi connectivity index (χ2n) is 11.9. The Hall–Kier alpha value is -5.22. The van der Waals surface area contributed by atoms with Gasteiger partial charge in [0.2, 0.25) is 0 Å². The maximum Gasteiger partial charge on any atom is 0.0640 e. The Labute approximate surface area is 286 Å². The molecule has 0 saturated carbocycles. The number of anilines is 3. The molecule has 0 amide bonds. The minimum absolute atomic E-state index is 1.07. The van der Waals surface area contributed by atoms with Crippen LogP contribution in [-0.2, 0) is 0 Å². The Bertz CT molecular complexity index is 2600. The van der Waals surface area contributed by atoms with Gasteiger partial charge in [-0.25, -0.2) is 0 Å². The van der Waals surface area contributed by atoms with E-state index in [2.05, 4.69) is 191 Å². The maximum absolute atomic E-state index is 3.67. The number of benzene rings is 8. The lowest BCUT2D eigenvalue weighted by Crippen LogP contribution is -2.10. The van der Waals surface area contributed by atoms with Crippen molar-refractivity contribution in [2.45, 2.75) is 0 Å². The van der Waals surface area contributed by atoms with E-state index in [9.17, 15) is 0 Å². The smallest absolute Gasteiger partial charge is 0.0640 e. The van der Waals surface area contributed by atoms with Crippen molar-refractivity contribution in [3.63, 3.8) is 0 Å². The molecule has 0 bridgehead atoms. The summed E-state index contributed by atoms with van der Waals surface area (Å²) in [4.78, 5) is 2.42. The molecule has 0 spiro atoms. The van der Waals surface area contributed by atoms with Crippen LogP contribution in [-0.4, -0.2) is 0 Å². The lowest BCUT2D eigenvalue weighted by Gasteiger charge is -2.27. The van der Waals surface area contributed by atoms with E-state index < -0.39 is 0 Å². The fraction of sp³-hybridized carbons (Fsp3) is 0. The molecule has 1 nitrogen and oxygen atoms in total. The van der Waals surface area contributed by atoms with Gasteiger partial charge in [0.25, 0.3) is 0 Å². The van der Waals surface area contributed by atoms with Gasteiger partial charge in [0.15, 0.2) is 0 Å². The van der Waals surface area contributed by atoms with Crippen LogP contribution in [0.2, 0.25) is 0 Å². The number of hydrogen-bond donors (Lipinski definition) is 0. The van der Waals surface area contributed by atoms with Crippen LogP contribution in [0.15, 0.2) is 174 Å². The van der Waals surface area contributed by atoms with Crippen LogP contribution >= 0.6 is 27.3 Å². The fourth-order valence-electron chi connectivity index (χ4n) is 6.82. The van der Waals surface area contributed by atoms with Gasteiger partial charge in [0.05, 0.1) is 10.4 Å². The lowest BCUT2D eigenvalue weighted by molar-refractivity contribution is 1.30. The predicted molar refractivity (Wildman–Crippen MR) is 208 cm³/mol. The van der Waals surface area contributed by atoms with Gasteiger partial charge in [-0.05, 0) is 98.4 Å². The molecule has 0 aliphatic rings. The van der Waals surface area contributed by atoms with E-state index in [0.29, 0.717) is 0 Å². The van der Waals surface area contributed by atoms with Gasteiger partial charge >= 0.3 is 0 Å². The molecule has 0 aliphatic carbocycles. The highest BCUT2D eigenvalue weighted by molar-refractivity contribution is 9.10. The Balaban J connectivity index is 1.24. The fourth-order valence-corrected chi connectivity index (χ4v) is 8.44. The highest BCUT2D eigenvalue weighted by Crippen LogP contribution is 2.47. The average Bonchev–Trinajstić information content (AvgIpc) is 3.52. The van der Waals surface area contributed by atoms with Gasteiger partial charge in [-0.2, -0.15) is 0 Å². The second kappa shape index (κ2) is 11.5. The molecule has 222 valence electrons. The summed E-state index contributed by atoms with van der Waals surface area (Å²) in [5.41, 5.74) is 8.20. The number of rotatable bonds is 5. The number of fused-ring (bicyclic) bond motifs is 6. The van der Waals surface area contributed by atoms with E-state index in [1.54, 1.807) is 0 Å². The van der Waals surface area contributed by atoms with E-state index >= 15 is 0 Å². The Morgan fingerprint density at radius 1 is 0.426 bits per heavy atom. The number of nitrogens with zero attached hydrogens (tertiary/aromatic N) is 1. The Morgan fingerprint density at radius 2 is 1.09 bits per heavy atom. The summed E-state index contributed by atoms with van der Waals surface area (Å²) in [6, 6.07) is 61.7. The van der Waals surface area contributed by atoms with Crippen molar-refractivity contribution >= 4 is 86.0 Å². The highest BCUT2D eigenvalue weighted by Gasteiger charge is 2.19. The summed E-state index contributed by atoms with van der Waals surface area (Å²) in [7, 11) is 0. The topological polar surface area (TPSA) is 3.24 Å².